The number of aliphatic imine (C=N–C) groups is 1. The van der Waals surface area contributed by atoms with Crippen LogP contribution in [0.1, 0.15) is 27.8 Å². The maximum Gasteiger partial charge on any atom is 0.167 e. The summed E-state index contributed by atoms with van der Waals surface area (Å²) in [6.45, 7) is 1.66. The van der Waals surface area contributed by atoms with E-state index in [0.717, 1.165) is 10.0 Å². The van der Waals surface area contributed by atoms with E-state index in [1.807, 2.05) is 24.3 Å². The van der Waals surface area contributed by atoms with Gasteiger partial charge >= 0.3 is 0 Å². The van der Waals surface area contributed by atoms with Crippen LogP contribution in [-0.2, 0) is 5.54 Å². The molecule has 0 bridgehead atoms. The Morgan fingerprint density at radius 1 is 1.04 bits per heavy atom. The summed E-state index contributed by atoms with van der Waals surface area (Å²) in [6.07, 6.45) is 0. The Hall–Kier alpha value is -2.73. The second-order valence-corrected chi connectivity index (χ2v) is 7.61. The zero-order chi connectivity index (χ0) is 20.1. The summed E-state index contributed by atoms with van der Waals surface area (Å²) in [7, 11) is 1.41. The lowest BCUT2D eigenvalue weighted by molar-refractivity contribution is 0.383. The van der Waals surface area contributed by atoms with Crippen LogP contribution in [0.5, 0.6) is 5.75 Å². The van der Waals surface area contributed by atoms with E-state index in [9.17, 15) is 8.78 Å². The lowest BCUT2D eigenvalue weighted by Gasteiger charge is -2.30. The summed E-state index contributed by atoms with van der Waals surface area (Å²) >= 11 is 3.49. The van der Waals surface area contributed by atoms with Gasteiger partial charge in [-0.1, -0.05) is 40.2 Å². The van der Waals surface area contributed by atoms with Gasteiger partial charge in [-0.15, -0.1) is 0 Å². The quantitative estimate of drug-likeness (QED) is 0.616. The SMILES string of the molecule is COc1cc(C2(c3cccc(Br)c3)N=C(N)c3c(F)cccc32)cc(C)c1F. The molecule has 0 radical (unpaired) electrons. The molecule has 1 aliphatic heterocycles. The first kappa shape index (κ1) is 18.6. The van der Waals surface area contributed by atoms with E-state index in [1.54, 1.807) is 31.2 Å². The minimum absolute atomic E-state index is 0.1000. The third kappa shape index (κ3) is 2.63. The maximum absolute atomic E-state index is 14.6. The van der Waals surface area contributed by atoms with Crippen molar-refractivity contribution in [3.63, 3.8) is 0 Å². The number of methoxy groups -OCH3 is 1. The van der Waals surface area contributed by atoms with Gasteiger partial charge in [0.2, 0.25) is 0 Å². The summed E-state index contributed by atoms with van der Waals surface area (Å²) in [6, 6.07) is 15.6. The van der Waals surface area contributed by atoms with Crippen LogP contribution in [0.3, 0.4) is 0 Å². The summed E-state index contributed by atoms with van der Waals surface area (Å²) in [5.74, 6) is -0.677. The first-order chi connectivity index (χ1) is 13.4. The van der Waals surface area contributed by atoms with Crippen molar-refractivity contribution in [3.05, 3.63) is 98.5 Å². The van der Waals surface area contributed by atoms with Crippen LogP contribution >= 0.6 is 15.9 Å². The van der Waals surface area contributed by atoms with E-state index in [-0.39, 0.29) is 17.1 Å². The smallest absolute Gasteiger partial charge is 0.167 e. The monoisotopic (exact) mass is 442 g/mol. The number of amidine groups is 1. The molecule has 3 nitrogen and oxygen atoms in total. The second-order valence-electron chi connectivity index (χ2n) is 6.69. The molecule has 6 heteroatoms. The fourth-order valence-corrected chi connectivity index (χ4v) is 4.20. The summed E-state index contributed by atoms with van der Waals surface area (Å²) < 4.78 is 35.1. The Kier molecular flexibility index (Phi) is 4.46. The minimum atomic E-state index is -1.11. The fourth-order valence-electron chi connectivity index (χ4n) is 3.80. The van der Waals surface area contributed by atoms with E-state index in [1.165, 1.54) is 13.2 Å². The Morgan fingerprint density at radius 2 is 1.79 bits per heavy atom. The Bertz CT molecular complexity index is 1130. The fraction of sp³-hybridized carbons (Fsp3) is 0.136. The van der Waals surface area contributed by atoms with Crippen molar-refractivity contribution in [2.24, 2.45) is 10.7 Å². The number of nitrogens with zero attached hydrogens (tertiary/aromatic N) is 1. The number of aryl methyl sites for hydroxylation is 1. The largest absolute Gasteiger partial charge is 0.494 e. The van der Waals surface area contributed by atoms with Crippen LogP contribution < -0.4 is 10.5 Å². The normalized spacial score (nSPS) is 18.0. The predicted octanol–water partition coefficient (Wildman–Crippen LogP) is 5.06. The lowest BCUT2D eigenvalue weighted by Crippen LogP contribution is -2.26. The molecular formula is C22H17BrF2N2O. The number of nitrogens with two attached hydrogens (primary N) is 1. The number of benzene rings is 3. The van der Waals surface area contributed by atoms with Gasteiger partial charge in [0, 0.05) is 10.0 Å². The van der Waals surface area contributed by atoms with Crippen molar-refractivity contribution in [1.29, 1.82) is 0 Å². The molecule has 1 unspecified atom stereocenters. The summed E-state index contributed by atoms with van der Waals surface area (Å²) in [5, 5.41) is 0. The first-order valence-electron chi connectivity index (χ1n) is 8.64. The topological polar surface area (TPSA) is 47.6 Å². The van der Waals surface area contributed by atoms with E-state index in [2.05, 4.69) is 15.9 Å². The van der Waals surface area contributed by atoms with E-state index in [0.29, 0.717) is 16.7 Å². The maximum atomic E-state index is 14.6. The van der Waals surface area contributed by atoms with Crippen molar-refractivity contribution in [2.45, 2.75) is 12.5 Å². The average Bonchev–Trinajstić information content (AvgIpc) is 2.98. The minimum Gasteiger partial charge on any atom is -0.494 e. The molecule has 0 saturated heterocycles. The molecule has 0 spiro atoms. The van der Waals surface area contributed by atoms with E-state index in [4.69, 9.17) is 15.5 Å². The molecular weight excluding hydrogens is 426 g/mol. The van der Waals surface area contributed by atoms with Crippen LogP contribution in [-0.4, -0.2) is 12.9 Å². The van der Waals surface area contributed by atoms with Crippen LogP contribution in [0.15, 0.2) is 64.1 Å². The molecule has 2 N–H and O–H groups in total. The second kappa shape index (κ2) is 6.71. The van der Waals surface area contributed by atoms with Crippen LogP contribution in [0.2, 0.25) is 0 Å². The predicted molar refractivity (Wildman–Crippen MR) is 109 cm³/mol. The molecule has 0 aromatic heterocycles. The molecule has 0 fully saturated rings. The Morgan fingerprint density at radius 3 is 2.50 bits per heavy atom. The van der Waals surface area contributed by atoms with Gasteiger partial charge in [0.25, 0.3) is 0 Å². The highest BCUT2D eigenvalue weighted by atomic mass is 79.9. The molecule has 0 aliphatic carbocycles. The van der Waals surface area contributed by atoms with Gasteiger partial charge in [-0.3, -0.25) is 0 Å². The van der Waals surface area contributed by atoms with Crippen LogP contribution in [0.25, 0.3) is 0 Å². The highest BCUT2D eigenvalue weighted by Crippen LogP contribution is 2.48. The standard InChI is InChI=1S/C22H17BrF2N2O/c1-12-9-14(11-18(28-2)20(12)25)22(13-5-3-6-15(23)10-13)16-7-4-8-17(24)19(16)21(26)27-22/h3-11H,1-2H3,(H2,26,27). The molecule has 0 saturated carbocycles. The molecule has 1 heterocycles. The van der Waals surface area contributed by atoms with Gasteiger partial charge in [0.05, 0.1) is 12.7 Å². The number of hydrogen-bond acceptors (Lipinski definition) is 3. The Labute approximate surface area is 170 Å². The molecule has 4 rings (SSSR count). The van der Waals surface area contributed by atoms with Crippen molar-refractivity contribution in [1.82, 2.24) is 0 Å². The van der Waals surface area contributed by atoms with E-state index >= 15 is 0 Å². The van der Waals surface area contributed by atoms with Gasteiger partial charge in [-0.2, -0.15) is 0 Å². The first-order valence-corrected chi connectivity index (χ1v) is 9.43. The van der Waals surface area contributed by atoms with Crippen molar-refractivity contribution in [2.75, 3.05) is 7.11 Å². The van der Waals surface area contributed by atoms with Crippen molar-refractivity contribution in [3.8, 4) is 5.75 Å². The molecule has 1 aliphatic rings. The molecule has 3 aromatic carbocycles. The van der Waals surface area contributed by atoms with Crippen LogP contribution in [0, 0.1) is 18.6 Å². The number of ether oxygens (including phenoxy) is 1. The highest BCUT2D eigenvalue weighted by Gasteiger charge is 2.44. The number of rotatable bonds is 3. The number of halogens is 3. The van der Waals surface area contributed by atoms with Gasteiger partial charge in [0.1, 0.15) is 17.2 Å². The number of hydrogen-bond donors (Lipinski definition) is 1. The zero-order valence-electron chi connectivity index (χ0n) is 15.3. The summed E-state index contributed by atoms with van der Waals surface area (Å²) in [5.41, 5.74) is 7.76. The summed E-state index contributed by atoms with van der Waals surface area (Å²) in [4.78, 5) is 4.73. The van der Waals surface area contributed by atoms with Gasteiger partial charge in [0.15, 0.2) is 11.6 Å². The molecule has 3 aromatic rings. The van der Waals surface area contributed by atoms with E-state index < -0.39 is 17.2 Å². The highest BCUT2D eigenvalue weighted by molar-refractivity contribution is 9.10. The third-order valence-electron chi connectivity index (χ3n) is 5.05. The van der Waals surface area contributed by atoms with Crippen molar-refractivity contribution >= 4 is 21.8 Å². The third-order valence-corrected chi connectivity index (χ3v) is 5.54. The van der Waals surface area contributed by atoms with Crippen LogP contribution in [0.4, 0.5) is 8.78 Å². The van der Waals surface area contributed by atoms with Gasteiger partial charge in [-0.05, 0) is 53.9 Å². The molecule has 28 heavy (non-hydrogen) atoms. The lowest BCUT2D eigenvalue weighted by atomic mass is 9.77. The molecule has 1 atom stereocenters. The Balaban J connectivity index is 2.13. The average molecular weight is 443 g/mol. The zero-order valence-corrected chi connectivity index (χ0v) is 16.8. The van der Waals surface area contributed by atoms with Gasteiger partial charge < -0.3 is 10.5 Å². The number of fused-ring (bicyclic) bond motifs is 1. The van der Waals surface area contributed by atoms with Gasteiger partial charge in [-0.25, -0.2) is 13.8 Å². The molecule has 142 valence electrons. The molecule has 0 amide bonds. The van der Waals surface area contributed by atoms with Crippen molar-refractivity contribution < 1.29 is 13.5 Å².